The molecule has 0 radical (unpaired) electrons. The van der Waals surface area contributed by atoms with Gasteiger partial charge in [-0.1, -0.05) is 34.5 Å². The van der Waals surface area contributed by atoms with Crippen molar-refractivity contribution < 1.29 is 9.63 Å². The molecular formula is C14H12ClNO2S. The number of halogens is 1. The molecular weight excluding hydrogens is 282 g/mol. The molecule has 0 aliphatic carbocycles. The molecule has 0 saturated heterocycles. The van der Waals surface area contributed by atoms with Crippen molar-refractivity contribution in [3.8, 4) is 0 Å². The predicted octanol–water partition coefficient (Wildman–Crippen LogP) is 4.29. The molecule has 98 valence electrons. The fourth-order valence-electron chi connectivity index (χ4n) is 1.41. The van der Waals surface area contributed by atoms with E-state index in [1.54, 1.807) is 25.1 Å². The molecule has 0 atom stereocenters. The van der Waals surface area contributed by atoms with Crippen molar-refractivity contribution in [3.63, 3.8) is 0 Å². The van der Waals surface area contributed by atoms with Crippen molar-refractivity contribution >= 4 is 34.6 Å². The zero-order chi connectivity index (χ0) is 13.8. The van der Waals surface area contributed by atoms with Crippen molar-refractivity contribution in [1.82, 2.24) is 0 Å². The average Bonchev–Trinajstić information content (AvgIpc) is 2.83. The lowest BCUT2D eigenvalue weighted by Gasteiger charge is -2.00. The number of thiophene rings is 1. The fourth-order valence-corrected chi connectivity index (χ4v) is 2.39. The van der Waals surface area contributed by atoms with Gasteiger partial charge in [-0.15, -0.1) is 11.3 Å². The highest BCUT2D eigenvalue weighted by atomic mass is 35.5. The Morgan fingerprint density at radius 3 is 2.47 bits per heavy atom. The monoisotopic (exact) mass is 293 g/mol. The summed E-state index contributed by atoms with van der Waals surface area (Å²) in [7, 11) is 0. The third kappa shape index (κ3) is 3.66. The van der Waals surface area contributed by atoms with E-state index in [-0.39, 0.29) is 0 Å². The normalized spacial score (nSPS) is 11.4. The van der Waals surface area contributed by atoms with Crippen molar-refractivity contribution in [1.29, 1.82) is 0 Å². The molecule has 5 heteroatoms. The number of carbonyl (C=O) groups is 1. The standard InChI is InChI=1S/C14H12ClNO2S/c1-9-3-5-11(6-4-9)14(17)18-16-10(2)12-7-8-13(15)19-12/h3-8H,1-2H3. The summed E-state index contributed by atoms with van der Waals surface area (Å²) in [6, 6.07) is 10.8. The Hall–Kier alpha value is -1.65. The Morgan fingerprint density at radius 1 is 1.21 bits per heavy atom. The van der Waals surface area contributed by atoms with Crippen LogP contribution in [0, 0.1) is 6.92 Å². The van der Waals surface area contributed by atoms with Crippen LogP contribution < -0.4 is 0 Å². The maximum Gasteiger partial charge on any atom is 0.365 e. The quantitative estimate of drug-likeness (QED) is 0.481. The third-order valence-corrected chi connectivity index (χ3v) is 3.82. The van der Waals surface area contributed by atoms with Crippen molar-refractivity contribution in [2.24, 2.45) is 5.16 Å². The third-order valence-electron chi connectivity index (χ3n) is 2.48. The first-order valence-electron chi connectivity index (χ1n) is 5.64. The van der Waals surface area contributed by atoms with E-state index in [1.807, 2.05) is 25.1 Å². The summed E-state index contributed by atoms with van der Waals surface area (Å²) in [6.07, 6.45) is 0. The van der Waals surface area contributed by atoms with Gasteiger partial charge >= 0.3 is 5.97 Å². The van der Waals surface area contributed by atoms with Crippen LogP contribution in [0.5, 0.6) is 0 Å². The van der Waals surface area contributed by atoms with Gasteiger partial charge < -0.3 is 4.84 Å². The van der Waals surface area contributed by atoms with Crippen molar-refractivity contribution in [2.75, 3.05) is 0 Å². The van der Waals surface area contributed by atoms with Crippen LogP contribution in [0.25, 0.3) is 0 Å². The van der Waals surface area contributed by atoms with E-state index in [1.165, 1.54) is 11.3 Å². The first kappa shape index (κ1) is 13.8. The van der Waals surface area contributed by atoms with Crippen LogP contribution in [0.2, 0.25) is 4.34 Å². The molecule has 1 aromatic carbocycles. The van der Waals surface area contributed by atoms with Crippen LogP contribution in [0.1, 0.15) is 27.7 Å². The first-order valence-corrected chi connectivity index (χ1v) is 6.84. The zero-order valence-corrected chi connectivity index (χ0v) is 12.1. The largest absolute Gasteiger partial charge is 0.365 e. The molecule has 0 saturated carbocycles. The van der Waals surface area contributed by atoms with Crippen LogP contribution >= 0.6 is 22.9 Å². The number of nitrogens with zero attached hydrogens (tertiary/aromatic N) is 1. The van der Waals surface area contributed by atoms with E-state index in [0.717, 1.165) is 10.4 Å². The number of rotatable bonds is 3. The molecule has 1 heterocycles. The summed E-state index contributed by atoms with van der Waals surface area (Å²) in [5.74, 6) is -0.470. The van der Waals surface area contributed by atoms with Gasteiger partial charge in [-0.25, -0.2) is 4.79 Å². The van der Waals surface area contributed by atoms with Gasteiger partial charge in [0.05, 0.1) is 20.5 Å². The summed E-state index contributed by atoms with van der Waals surface area (Å²) < 4.78 is 0.675. The lowest BCUT2D eigenvalue weighted by molar-refractivity contribution is 0.0516. The number of benzene rings is 1. The smallest absolute Gasteiger partial charge is 0.313 e. The summed E-state index contributed by atoms with van der Waals surface area (Å²) in [5.41, 5.74) is 2.19. The highest BCUT2D eigenvalue weighted by molar-refractivity contribution is 7.18. The van der Waals surface area contributed by atoms with E-state index in [2.05, 4.69) is 5.16 Å². The van der Waals surface area contributed by atoms with Gasteiger partial charge in [-0.3, -0.25) is 0 Å². The van der Waals surface area contributed by atoms with Gasteiger partial charge in [-0.05, 0) is 38.1 Å². The van der Waals surface area contributed by atoms with E-state index in [4.69, 9.17) is 16.4 Å². The fraction of sp³-hybridized carbons (Fsp3) is 0.143. The van der Waals surface area contributed by atoms with Gasteiger partial charge in [0.1, 0.15) is 0 Å². The summed E-state index contributed by atoms with van der Waals surface area (Å²) >= 11 is 7.22. The zero-order valence-electron chi connectivity index (χ0n) is 10.5. The predicted molar refractivity (Wildman–Crippen MR) is 78.1 cm³/mol. The van der Waals surface area contributed by atoms with Gasteiger partial charge in [0.15, 0.2) is 0 Å². The minimum Gasteiger partial charge on any atom is -0.313 e. The van der Waals surface area contributed by atoms with Crippen LogP contribution in [0.4, 0.5) is 0 Å². The van der Waals surface area contributed by atoms with Crippen LogP contribution in [-0.2, 0) is 4.84 Å². The van der Waals surface area contributed by atoms with E-state index in [9.17, 15) is 4.79 Å². The van der Waals surface area contributed by atoms with Gasteiger partial charge in [0, 0.05) is 0 Å². The van der Waals surface area contributed by atoms with Crippen LogP contribution in [-0.4, -0.2) is 11.7 Å². The molecule has 0 N–H and O–H groups in total. The molecule has 0 spiro atoms. The Labute approximate surface area is 120 Å². The number of hydrogen-bond donors (Lipinski definition) is 0. The number of aryl methyl sites for hydroxylation is 1. The van der Waals surface area contributed by atoms with E-state index < -0.39 is 5.97 Å². The molecule has 0 aliphatic heterocycles. The molecule has 1 aromatic heterocycles. The summed E-state index contributed by atoms with van der Waals surface area (Å²) in [5, 5.41) is 3.83. The first-order chi connectivity index (χ1) is 9.06. The Balaban J connectivity index is 2.05. The molecule has 19 heavy (non-hydrogen) atoms. The molecule has 2 aromatic rings. The van der Waals surface area contributed by atoms with Gasteiger partial charge in [0.2, 0.25) is 0 Å². The Bertz CT molecular complexity index is 617. The van der Waals surface area contributed by atoms with Crippen molar-refractivity contribution in [2.45, 2.75) is 13.8 Å². The maximum absolute atomic E-state index is 11.7. The van der Waals surface area contributed by atoms with Crippen LogP contribution in [0.3, 0.4) is 0 Å². The summed E-state index contributed by atoms with van der Waals surface area (Å²) in [4.78, 5) is 17.5. The number of carbonyl (C=O) groups excluding carboxylic acids is 1. The average molecular weight is 294 g/mol. The van der Waals surface area contributed by atoms with E-state index >= 15 is 0 Å². The summed E-state index contributed by atoms with van der Waals surface area (Å²) in [6.45, 7) is 3.72. The van der Waals surface area contributed by atoms with Gasteiger partial charge in [0.25, 0.3) is 0 Å². The topological polar surface area (TPSA) is 38.7 Å². The van der Waals surface area contributed by atoms with Crippen LogP contribution in [0.15, 0.2) is 41.6 Å². The molecule has 0 aliphatic rings. The highest BCUT2D eigenvalue weighted by Crippen LogP contribution is 2.22. The molecule has 0 unspecified atom stereocenters. The second-order valence-corrected chi connectivity index (χ2v) is 5.74. The van der Waals surface area contributed by atoms with Gasteiger partial charge in [-0.2, -0.15) is 0 Å². The molecule has 0 fully saturated rings. The minimum absolute atomic E-state index is 0.470. The number of oxime groups is 1. The highest BCUT2D eigenvalue weighted by Gasteiger charge is 2.08. The molecule has 2 rings (SSSR count). The lowest BCUT2D eigenvalue weighted by Crippen LogP contribution is -2.03. The van der Waals surface area contributed by atoms with Crippen molar-refractivity contribution in [3.05, 3.63) is 56.7 Å². The number of hydrogen-bond acceptors (Lipinski definition) is 4. The Morgan fingerprint density at radius 2 is 1.89 bits per heavy atom. The molecule has 0 amide bonds. The minimum atomic E-state index is -0.470. The van der Waals surface area contributed by atoms with E-state index in [0.29, 0.717) is 15.6 Å². The molecule has 3 nitrogen and oxygen atoms in total. The second-order valence-electron chi connectivity index (χ2n) is 4.03. The molecule has 0 bridgehead atoms. The Kier molecular flexibility index (Phi) is 4.35. The maximum atomic E-state index is 11.7. The second kappa shape index (κ2) is 5.99. The SMILES string of the molecule is CC(=NOC(=O)c1ccc(C)cc1)c1ccc(Cl)s1. The lowest BCUT2D eigenvalue weighted by atomic mass is 10.2.